The maximum atomic E-state index is 5.41. The first-order valence-electron chi connectivity index (χ1n) is 7.79. The molecule has 5 heteroatoms. The summed E-state index contributed by atoms with van der Waals surface area (Å²) in [6.07, 6.45) is 3.75. The van der Waals surface area contributed by atoms with Crippen molar-refractivity contribution in [2.75, 3.05) is 27.2 Å². The van der Waals surface area contributed by atoms with Crippen molar-refractivity contribution in [3.05, 3.63) is 30.1 Å². The molecule has 1 aromatic rings. The molecule has 5 nitrogen and oxygen atoms in total. The molecule has 1 unspecified atom stereocenters. The van der Waals surface area contributed by atoms with E-state index in [4.69, 9.17) is 4.74 Å². The van der Waals surface area contributed by atoms with Crippen LogP contribution in [0.2, 0.25) is 0 Å². The van der Waals surface area contributed by atoms with E-state index in [1.165, 1.54) is 5.56 Å². The Morgan fingerprint density at radius 1 is 1.36 bits per heavy atom. The molecule has 22 heavy (non-hydrogen) atoms. The minimum atomic E-state index is -0.224. The van der Waals surface area contributed by atoms with Gasteiger partial charge in [0.1, 0.15) is 0 Å². The molecule has 0 spiro atoms. The lowest BCUT2D eigenvalue weighted by atomic mass is 9.89. The summed E-state index contributed by atoms with van der Waals surface area (Å²) in [5, 5.41) is 6.71. The van der Waals surface area contributed by atoms with Crippen molar-refractivity contribution in [2.45, 2.75) is 39.2 Å². The van der Waals surface area contributed by atoms with Crippen LogP contribution in [0.5, 0.6) is 0 Å². The van der Waals surface area contributed by atoms with Crippen molar-refractivity contribution in [2.24, 2.45) is 10.9 Å². The number of guanidine groups is 1. The summed E-state index contributed by atoms with van der Waals surface area (Å²) in [7, 11) is 3.50. The number of aliphatic imine (C=N–C) groups is 1. The van der Waals surface area contributed by atoms with Gasteiger partial charge in [0, 0.05) is 45.6 Å². The highest BCUT2D eigenvalue weighted by Gasteiger charge is 2.19. The lowest BCUT2D eigenvalue weighted by molar-refractivity contribution is 0.0268. The Bertz CT molecular complexity index is 457. The lowest BCUT2D eigenvalue weighted by Gasteiger charge is -2.26. The first kappa shape index (κ1) is 18.4. The van der Waals surface area contributed by atoms with Crippen LogP contribution in [0.3, 0.4) is 0 Å². The summed E-state index contributed by atoms with van der Waals surface area (Å²) in [5.41, 5.74) is 1.02. The molecule has 0 radical (unpaired) electrons. The van der Waals surface area contributed by atoms with Gasteiger partial charge in [0.15, 0.2) is 5.96 Å². The summed E-state index contributed by atoms with van der Waals surface area (Å²) < 4.78 is 5.41. The Hall–Kier alpha value is -1.62. The van der Waals surface area contributed by atoms with Gasteiger partial charge < -0.3 is 15.4 Å². The van der Waals surface area contributed by atoms with Gasteiger partial charge in [0.25, 0.3) is 0 Å². The van der Waals surface area contributed by atoms with Gasteiger partial charge in [-0.3, -0.25) is 9.98 Å². The number of hydrogen-bond donors (Lipinski definition) is 2. The van der Waals surface area contributed by atoms with Crippen LogP contribution in [-0.4, -0.2) is 43.8 Å². The van der Waals surface area contributed by atoms with Gasteiger partial charge in [-0.2, -0.15) is 0 Å². The van der Waals surface area contributed by atoms with Crippen LogP contribution in [0.25, 0.3) is 0 Å². The second kappa shape index (κ2) is 8.73. The van der Waals surface area contributed by atoms with E-state index in [2.05, 4.69) is 40.5 Å². The molecule has 0 aliphatic heterocycles. The lowest BCUT2D eigenvalue weighted by Crippen LogP contribution is -2.46. The highest BCUT2D eigenvalue weighted by Crippen LogP contribution is 2.22. The molecule has 0 saturated carbocycles. The molecule has 0 aliphatic rings. The topological polar surface area (TPSA) is 58.5 Å². The third-order valence-electron chi connectivity index (χ3n) is 3.86. The third-order valence-corrected chi connectivity index (χ3v) is 3.86. The number of nitrogens with one attached hydrogen (secondary N) is 2. The number of rotatable bonds is 7. The van der Waals surface area contributed by atoms with Gasteiger partial charge in [0.05, 0.1) is 5.60 Å². The molecule has 1 aromatic heterocycles. The van der Waals surface area contributed by atoms with E-state index in [1.807, 2.05) is 32.3 Å². The molecule has 1 heterocycles. The summed E-state index contributed by atoms with van der Waals surface area (Å²) in [6.45, 7) is 10.0. The predicted molar refractivity (Wildman–Crippen MR) is 92.3 cm³/mol. The van der Waals surface area contributed by atoms with Gasteiger partial charge in [-0.05, 0) is 31.4 Å². The number of ether oxygens (including phenoxy) is 1. The molecule has 0 amide bonds. The maximum Gasteiger partial charge on any atom is 0.191 e. The van der Waals surface area contributed by atoms with Crippen molar-refractivity contribution in [3.8, 4) is 0 Å². The van der Waals surface area contributed by atoms with E-state index in [1.54, 1.807) is 14.2 Å². The third kappa shape index (κ3) is 6.02. The fourth-order valence-corrected chi connectivity index (χ4v) is 2.13. The zero-order chi connectivity index (χ0) is 16.6. The molecule has 0 bridgehead atoms. The Kier molecular flexibility index (Phi) is 7.32. The second-order valence-corrected chi connectivity index (χ2v) is 6.41. The number of methoxy groups -OCH3 is 1. The maximum absolute atomic E-state index is 5.41. The van der Waals surface area contributed by atoms with E-state index in [-0.39, 0.29) is 5.60 Å². The summed E-state index contributed by atoms with van der Waals surface area (Å²) in [4.78, 5) is 8.50. The Morgan fingerprint density at radius 3 is 2.59 bits per heavy atom. The molecule has 0 aromatic carbocycles. The average molecular weight is 306 g/mol. The Balaban J connectivity index is 2.60. The first-order valence-corrected chi connectivity index (χ1v) is 7.79. The van der Waals surface area contributed by atoms with E-state index < -0.39 is 0 Å². The Labute approximate surface area is 134 Å². The molecule has 1 rings (SSSR count). The molecule has 0 fully saturated rings. The highest BCUT2D eigenvalue weighted by atomic mass is 16.5. The van der Waals surface area contributed by atoms with Crippen LogP contribution in [0, 0.1) is 5.92 Å². The van der Waals surface area contributed by atoms with E-state index in [0.717, 1.165) is 12.5 Å². The zero-order valence-corrected chi connectivity index (χ0v) is 14.7. The molecular formula is C17H30N4O. The minimum Gasteiger partial charge on any atom is -0.377 e. The molecule has 0 saturated heterocycles. The van der Waals surface area contributed by atoms with Crippen LogP contribution < -0.4 is 10.6 Å². The summed E-state index contributed by atoms with van der Waals surface area (Å²) in [6, 6.07) is 4.11. The standard InChI is InChI=1S/C17H30N4O/c1-13(2)15(14-8-7-9-19-10-14)11-20-16(18-5)21-12-17(3,4)22-6/h7-10,13,15H,11-12H2,1-6H3,(H2,18,20,21). The molecule has 2 N–H and O–H groups in total. The summed E-state index contributed by atoms with van der Waals surface area (Å²) in [5.74, 6) is 1.70. The van der Waals surface area contributed by atoms with Crippen LogP contribution in [0.1, 0.15) is 39.2 Å². The highest BCUT2D eigenvalue weighted by molar-refractivity contribution is 5.79. The van der Waals surface area contributed by atoms with E-state index in [9.17, 15) is 0 Å². The normalized spacial score (nSPS) is 14.0. The monoisotopic (exact) mass is 306 g/mol. The number of aromatic nitrogens is 1. The summed E-state index contributed by atoms with van der Waals surface area (Å²) >= 11 is 0. The fourth-order valence-electron chi connectivity index (χ4n) is 2.13. The van der Waals surface area contributed by atoms with Crippen molar-refractivity contribution >= 4 is 5.96 Å². The number of pyridine rings is 1. The molecule has 124 valence electrons. The van der Waals surface area contributed by atoms with Crippen LogP contribution >= 0.6 is 0 Å². The first-order chi connectivity index (χ1) is 10.4. The van der Waals surface area contributed by atoms with Gasteiger partial charge >= 0.3 is 0 Å². The average Bonchev–Trinajstić information content (AvgIpc) is 2.51. The van der Waals surface area contributed by atoms with Gasteiger partial charge in [-0.25, -0.2) is 0 Å². The molecule has 1 atom stereocenters. The Morgan fingerprint density at radius 2 is 2.09 bits per heavy atom. The largest absolute Gasteiger partial charge is 0.377 e. The quantitative estimate of drug-likeness (QED) is 0.600. The zero-order valence-electron chi connectivity index (χ0n) is 14.7. The van der Waals surface area contributed by atoms with Crippen LogP contribution in [0.4, 0.5) is 0 Å². The van der Waals surface area contributed by atoms with Gasteiger partial charge in [-0.1, -0.05) is 19.9 Å². The van der Waals surface area contributed by atoms with Crippen molar-refractivity contribution in [1.29, 1.82) is 0 Å². The fraction of sp³-hybridized carbons (Fsp3) is 0.647. The van der Waals surface area contributed by atoms with Crippen LogP contribution in [-0.2, 0) is 4.74 Å². The number of nitrogens with zero attached hydrogens (tertiary/aromatic N) is 2. The number of hydrogen-bond acceptors (Lipinski definition) is 3. The van der Waals surface area contributed by atoms with Gasteiger partial charge in [-0.15, -0.1) is 0 Å². The predicted octanol–water partition coefficient (Wildman–Crippen LogP) is 2.41. The van der Waals surface area contributed by atoms with Gasteiger partial charge in [0.2, 0.25) is 0 Å². The van der Waals surface area contributed by atoms with Crippen LogP contribution in [0.15, 0.2) is 29.5 Å². The second-order valence-electron chi connectivity index (χ2n) is 6.41. The molecular weight excluding hydrogens is 276 g/mol. The SMILES string of the molecule is CN=C(NCC(c1cccnc1)C(C)C)NCC(C)(C)OC. The molecule has 0 aliphatic carbocycles. The van der Waals surface area contributed by atoms with E-state index in [0.29, 0.717) is 18.4 Å². The van der Waals surface area contributed by atoms with E-state index >= 15 is 0 Å². The van der Waals surface area contributed by atoms with Crippen molar-refractivity contribution in [1.82, 2.24) is 15.6 Å². The van der Waals surface area contributed by atoms with Crippen molar-refractivity contribution in [3.63, 3.8) is 0 Å². The smallest absolute Gasteiger partial charge is 0.191 e. The van der Waals surface area contributed by atoms with Crippen molar-refractivity contribution < 1.29 is 4.74 Å². The minimum absolute atomic E-state index is 0.224.